The van der Waals surface area contributed by atoms with Gasteiger partial charge in [0.1, 0.15) is 0 Å². The van der Waals surface area contributed by atoms with E-state index in [2.05, 4.69) is 34.6 Å². The Labute approximate surface area is 158 Å². The van der Waals surface area contributed by atoms with Crippen molar-refractivity contribution in [3.63, 3.8) is 0 Å². The van der Waals surface area contributed by atoms with Crippen LogP contribution in [0, 0.1) is 11.2 Å². The number of halogens is 3. The maximum Gasteiger partial charge on any atom is -1.00 e. The summed E-state index contributed by atoms with van der Waals surface area (Å²) in [5.74, 6) is -0.721. The molecule has 0 unspecified atom stereocenters. The van der Waals surface area contributed by atoms with Crippen molar-refractivity contribution in [3.05, 3.63) is 56.2 Å². The van der Waals surface area contributed by atoms with Crippen molar-refractivity contribution >= 4 is 5.97 Å². The van der Waals surface area contributed by atoms with Gasteiger partial charge in [-0.05, 0) is 0 Å². The number of benzene rings is 1. The molecule has 2 nitrogen and oxygen atoms in total. The van der Waals surface area contributed by atoms with Crippen LogP contribution in [0.1, 0.15) is 45.0 Å². The summed E-state index contributed by atoms with van der Waals surface area (Å²) in [5, 5.41) is 0. The van der Waals surface area contributed by atoms with Gasteiger partial charge in [0.15, 0.2) is 0 Å². The van der Waals surface area contributed by atoms with E-state index in [1.165, 1.54) is 44.9 Å². The van der Waals surface area contributed by atoms with Crippen molar-refractivity contribution < 1.29 is 56.9 Å². The molecule has 0 atom stereocenters. The van der Waals surface area contributed by atoms with E-state index in [0.717, 1.165) is 0 Å². The monoisotopic (exact) mass is 392 g/mol. The number of hydrogen-bond acceptors (Lipinski definition) is 2. The molecular weight excluding hydrogens is 374 g/mol. The maximum absolute atomic E-state index is 12.9. The molecule has 124 valence electrons. The Morgan fingerprint density at radius 3 is 2.00 bits per heavy atom. The minimum atomic E-state index is -0.994. The minimum absolute atomic E-state index is 0. The summed E-state index contributed by atoms with van der Waals surface area (Å²) >= 11 is -0.994. The number of carbonyl (C=O) groups excluding carboxylic acids is 1. The van der Waals surface area contributed by atoms with Crippen LogP contribution in [0.4, 0.5) is 4.39 Å². The van der Waals surface area contributed by atoms with Crippen LogP contribution >= 0.6 is 0 Å². The summed E-state index contributed by atoms with van der Waals surface area (Å²) in [6, 6.07) is 5.46. The number of rotatable bonds is 3. The van der Waals surface area contributed by atoms with Crippen molar-refractivity contribution in [2.24, 2.45) is 5.41 Å². The molecule has 0 aliphatic heterocycles. The van der Waals surface area contributed by atoms with Gasteiger partial charge in [-0.15, -0.1) is 0 Å². The second kappa shape index (κ2) is 8.48. The molecule has 1 aliphatic carbocycles. The molecule has 0 radical (unpaired) electrons. The second-order valence-electron chi connectivity index (χ2n) is 5.87. The Morgan fingerprint density at radius 2 is 1.57 bits per heavy atom. The van der Waals surface area contributed by atoms with Gasteiger partial charge in [0, 0.05) is 0 Å². The predicted octanol–water partition coefficient (Wildman–Crippen LogP) is -1.36. The van der Waals surface area contributed by atoms with Crippen molar-refractivity contribution in [2.75, 3.05) is 0 Å². The first-order valence-corrected chi connectivity index (χ1v) is 8.29. The van der Waals surface area contributed by atoms with E-state index >= 15 is 0 Å². The largest absolute Gasteiger partial charge is 1.00 e. The molecule has 0 saturated heterocycles. The average molecular weight is 393 g/mol. The van der Waals surface area contributed by atoms with E-state index in [-0.39, 0.29) is 42.0 Å². The standard InChI is InChI=1S/C10H15.C7H5FO2.2ClH.Ti/c1-7-6-10(4,5)9(3)8(7)2;8-6-3-1-5(2-4-6)7(9)10;;;/h1-5H3;1-4H,(H,9,10);2*1H;/q;;;;+3/p-3. The molecule has 0 heterocycles. The molecule has 0 aromatic heterocycles. The average Bonchev–Trinajstić information content (AvgIpc) is 2.58. The summed E-state index contributed by atoms with van der Waals surface area (Å²) in [7, 11) is 0. The molecule has 0 saturated carbocycles. The molecule has 0 spiro atoms. The van der Waals surface area contributed by atoms with Crippen LogP contribution in [0.3, 0.4) is 0 Å². The molecule has 6 heteroatoms. The fraction of sp³-hybridized carbons (Fsp3) is 0.353. The van der Waals surface area contributed by atoms with Crippen LogP contribution < -0.4 is 24.8 Å². The Hall–Kier alpha value is -0.606. The third-order valence-corrected chi connectivity index (χ3v) is 6.72. The van der Waals surface area contributed by atoms with Gasteiger partial charge in [0.2, 0.25) is 0 Å². The first-order valence-electron chi connectivity index (χ1n) is 6.87. The molecule has 1 aliphatic rings. The molecular formula is C17H19Cl2FO2Ti. The third-order valence-electron chi connectivity index (χ3n) is 4.39. The summed E-state index contributed by atoms with van der Waals surface area (Å²) in [6.45, 7) is 10.7. The molecule has 0 amide bonds. The van der Waals surface area contributed by atoms with E-state index in [9.17, 15) is 9.18 Å². The van der Waals surface area contributed by atoms with Crippen molar-refractivity contribution in [1.29, 1.82) is 0 Å². The summed E-state index contributed by atoms with van der Waals surface area (Å²) in [6.07, 6.45) is 0. The zero-order valence-corrected chi connectivity index (χ0v) is 16.8. The van der Waals surface area contributed by atoms with Crippen LogP contribution in [0.25, 0.3) is 0 Å². The quantitative estimate of drug-likeness (QED) is 0.594. The molecule has 0 fully saturated rings. The van der Waals surface area contributed by atoms with Crippen LogP contribution in [0.5, 0.6) is 0 Å². The van der Waals surface area contributed by atoms with Crippen LogP contribution in [-0.2, 0) is 22.9 Å². The van der Waals surface area contributed by atoms with E-state index in [1.54, 1.807) is 0 Å². The molecule has 23 heavy (non-hydrogen) atoms. The molecule has 2 rings (SSSR count). The van der Waals surface area contributed by atoms with Crippen LogP contribution in [-0.4, -0.2) is 5.97 Å². The van der Waals surface area contributed by atoms with Crippen molar-refractivity contribution in [2.45, 2.75) is 34.6 Å². The first kappa shape index (κ1) is 22.4. The molecule has 0 bridgehead atoms. The van der Waals surface area contributed by atoms with Gasteiger partial charge >= 0.3 is 134 Å². The smallest absolute Gasteiger partial charge is 1.00 e. The first-order chi connectivity index (χ1) is 9.75. The minimum Gasteiger partial charge on any atom is -1.00 e. The fourth-order valence-corrected chi connectivity index (χ4v) is 4.25. The summed E-state index contributed by atoms with van der Waals surface area (Å²) < 4.78 is 19.7. The normalized spacial score (nSPS) is 15.6. The number of allylic oxidation sites excluding steroid dienone is 4. The van der Waals surface area contributed by atoms with Gasteiger partial charge in [-0.1, -0.05) is 0 Å². The maximum atomic E-state index is 12.9. The Bertz CT molecular complexity index is 649. The molecule has 0 N–H and O–H groups in total. The van der Waals surface area contributed by atoms with Crippen molar-refractivity contribution in [3.8, 4) is 0 Å². The van der Waals surface area contributed by atoms with E-state index in [4.69, 9.17) is 3.32 Å². The fourth-order valence-electron chi connectivity index (χ4n) is 2.54. The van der Waals surface area contributed by atoms with Gasteiger partial charge in [-0.2, -0.15) is 0 Å². The van der Waals surface area contributed by atoms with Gasteiger partial charge in [0.25, 0.3) is 0 Å². The van der Waals surface area contributed by atoms with Crippen LogP contribution in [0.15, 0.2) is 44.9 Å². The van der Waals surface area contributed by atoms with Crippen LogP contribution in [0.2, 0.25) is 0 Å². The second-order valence-corrected chi connectivity index (χ2v) is 7.29. The van der Waals surface area contributed by atoms with Gasteiger partial charge in [0.05, 0.1) is 0 Å². The summed E-state index contributed by atoms with van der Waals surface area (Å²) in [4.78, 5) is 12.0. The Morgan fingerprint density at radius 1 is 1.04 bits per heavy atom. The topological polar surface area (TPSA) is 26.3 Å². The Kier molecular flexibility index (Phi) is 8.26. The third kappa shape index (κ3) is 4.48. The van der Waals surface area contributed by atoms with Gasteiger partial charge in [-0.25, -0.2) is 0 Å². The Balaban J connectivity index is 0.00000242. The SMILES string of the molecule is CC1=C(C)C(C)(C)[C]([Ti+2][O]C(=O)c2ccc(F)cc2)=C1C.[Cl-].[Cl-]. The van der Waals surface area contributed by atoms with E-state index in [1.807, 2.05) is 0 Å². The zero-order chi connectivity index (χ0) is 15.8. The van der Waals surface area contributed by atoms with Crippen molar-refractivity contribution in [1.82, 2.24) is 0 Å². The van der Waals surface area contributed by atoms with Gasteiger partial charge in [-0.3, -0.25) is 0 Å². The van der Waals surface area contributed by atoms with Gasteiger partial charge < -0.3 is 24.8 Å². The number of hydrogen-bond donors (Lipinski definition) is 0. The summed E-state index contributed by atoms with van der Waals surface area (Å²) in [5.41, 5.74) is 4.27. The molecule has 1 aromatic carbocycles. The number of carbonyl (C=O) groups is 1. The molecule has 1 aromatic rings. The zero-order valence-electron chi connectivity index (χ0n) is 13.8. The van der Waals surface area contributed by atoms with E-state index < -0.39 is 19.5 Å². The van der Waals surface area contributed by atoms with E-state index in [0.29, 0.717) is 5.56 Å². The predicted molar refractivity (Wildman–Crippen MR) is 76.7 cm³/mol.